The Bertz CT molecular complexity index is 760. The number of nitrogens with zero attached hydrogens (tertiary/aromatic N) is 1. The third kappa shape index (κ3) is 5.74. The van der Waals surface area contributed by atoms with E-state index in [2.05, 4.69) is 15.0 Å². The molecule has 1 aliphatic rings. The molecule has 1 saturated heterocycles. The van der Waals surface area contributed by atoms with Crippen LogP contribution in [0.15, 0.2) is 48.5 Å². The van der Waals surface area contributed by atoms with Gasteiger partial charge in [-0.25, -0.2) is 0 Å². The lowest BCUT2D eigenvalue weighted by molar-refractivity contribution is -0.0498. The quantitative estimate of drug-likeness (QED) is 0.787. The van der Waals surface area contributed by atoms with Gasteiger partial charge in [0.05, 0.1) is 19.3 Å². The molecule has 1 atom stereocenters. The van der Waals surface area contributed by atoms with Crippen LogP contribution in [-0.2, 0) is 4.74 Å². The fourth-order valence-corrected chi connectivity index (χ4v) is 3.10. The van der Waals surface area contributed by atoms with Crippen molar-refractivity contribution in [2.24, 2.45) is 0 Å². The number of aryl methyl sites for hydroxylation is 1. The summed E-state index contributed by atoms with van der Waals surface area (Å²) < 4.78 is 34.3. The summed E-state index contributed by atoms with van der Waals surface area (Å²) in [6.07, 6.45) is 0. The number of morpholine rings is 1. The molecule has 1 unspecified atom stereocenters. The topological polar surface area (TPSA) is 50.8 Å². The lowest BCUT2D eigenvalue weighted by Crippen LogP contribution is -2.43. The van der Waals surface area contributed by atoms with Crippen molar-refractivity contribution in [2.45, 2.75) is 19.6 Å². The van der Waals surface area contributed by atoms with Gasteiger partial charge in [-0.15, -0.1) is 0 Å². The molecule has 1 aliphatic heterocycles. The molecule has 1 amide bonds. The van der Waals surface area contributed by atoms with Gasteiger partial charge < -0.3 is 14.8 Å². The molecule has 1 N–H and O–H groups in total. The Morgan fingerprint density at radius 1 is 1.11 bits per heavy atom. The first-order valence-electron chi connectivity index (χ1n) is 9.23. The number of amides is 1. The maximum atomic E-state index is 12.7. The normalized spacial score (nSPS) is 16.0. The number of halogens is 2. The second kappa shape index (κ2) is 9.61. The second-order valence-corrected chi connectivity index (χ2v) is 6.75. The minimum absolute atomic E-state index is 0.0231. The molecular formula is C21H24F2N2O3. The fraction of sp³-hybridized carbons (Fsp3) is 0.381. The predicted molar refractivity (Wildman–Crippen MR) is 102 cm³/mol. The lowest BCUT2D eigenvalue weighted by atomic mass is 10.0. The van der Waals surface area contributed by atoms with Crippen molar-refractivity contribution in [3.05, 3.63) is 65.2 Å². The summed E-state index contributed by atoms with van der Waals surface area (Å²) in [4.78, 5) is 15.0. The third-order valence-corrected chi connectivity index (χ3v) is 4.67. The van der Waals surface area contributed by atoms with Crippen LogP contribution in [0.3, 0.4) is 0 Å². The maximum absolute atomic E-state index is 12.7. The van der Waals surface area contributed by atoms with E-state index < -0.39 is 6.61 Å². The van der Waals surface area contributed by atoms with E-state index in [-0.39, 0.29) is 17.7 Å². The number of nitrogens with one attached hydrogen (secondary N) is 1. The Kier molecular flexibility index (Phi) is 6.95. The number of carbonyl (C=O) groups is 1. The van der Waals surface area contributed by atoms with E-state index in [1.54, 1.807) is 0 Å². The van der Waals surface area contributed by atoms with Crippen LogP contribution in [0.25, 0.3) is 0 Å². The Hall–Kier alpha value is -2.51. The standard InChI is InChI=1S/C21H24F2N2O3/c1-15-2-4-16(5-3-15)19(14-25-10-12-27-13-11-25)24-20(26)17-6-8-18(9-7-17)28-21(22)23/h2-9,19,21H,10-14H2,1H3,(H,24,26). The molecular weight excluding hydrogens is 366 g/mol. The predicted octanol–water partition coefficient (Wildman–Crippen LogP) is 3.40. The van der Waals surface area contributed by atoms with Gasteiger partial charge in [-0.1, -0.05) is 29.8 Å². The van der Waals surface area contributed by atoms with Crippen LogP contribution >= 0.6 is 0 Å². The van der Waals surface area contributed by atoms with Crippen LogP contribution in [0.4, 0.5) is 8.78 Å². The summed E-state index contributed by atoms with van der Waals surface area (Å²) >= 11 is 0. The zero-order chi connectivity index (χ0) is 19.9. The van der Waals surface area contributed by atoms with E-state index in [0.29, 0.717) is 25.3 Å². The SMILES string of the molecule is Cc1ccc(C(CN2CCOCC2)NC(=O)c2ccc(OC(F)F)cc2)cc1. The minimum atomic E-state index is -2.89. The fourth-order valence-electron chi connectivity index (χ4n) is 3.10. The van der Waals surface area contributed by atoms with Gasteiger partial charge in [0.1, 0.15) is 5.75 Å². The molecule has 2 aromatic carbocycles. The van der Waals surface area contributed by atoms with Crippen molar-refractivity contribution >= 4 is 5.91 Å². The highest BCUT2D eigenvalue weighted by molar-refractivity contribution is 5.94. The van der Waals surface area contributed by atoms with Crippen molar-refractivity contribution in [3.8, 4) is 5.75 Å². The number of rotatable bonds is 7. The summed E-state index contributed by atoms with van der Waals surface area (Å²) in [7, 11) is 0. The van der Waals surface area contributed by atoms with E-state index in [9.17, 15) is 13.6 Å². The van der Waals surface area contributed by atoms with Crippen LogP contribution in [0.5, 0.6) is 5.75 Å². The summed E-state index contributed by atoms with van der Waals surface area (Å²) in [6, 6.07) is 13.6. The van der Waals surface area contributed by atoms with Crippen molar-refractivity contribution < 1.29 is 23.0 Å². The Labute approximate surface area is 163 Å². The molecule has 7 heteroatoms. The number of carbonyl (C=O) groups excluding carboxylic acids is 1. The summed E-state index contributed by atoms with van der Waals surface area (Å²) in [5, 5.41) is 3.07. The minimum Gasteiger partial charge on any atom is -0.435 e. The highest BCUT2D eigenvalue weighted by atomic mass is 19.3. The van der Waals surface area contributed by atoms with Gasteiger partial charge >= 0.3 is 6.61 Å². The van der Waals surface area contributed by atoms with Gasteiger partial charge in [0, 0.05) is 25.2 Å². The number of benzene rings is 2. The molecule has 2 aromatic rings. The van der Waals surface area contributed by atoms with Crippen LogP contribution in [0.1, 0.15) is 27.5 Å². The molecule has 150 valence electrons. The molecule has 28 heavy (non-hydrogen) atoms. The van der Waals surface area contributed by atoms with Gasteiger partial charge in [-0.2, -0.15) is 8.78 Å². The first-order chi connectivity index (χ1) is 13.5. The van der Waals surface area contributed by atoms with Crippen molar-refractivity contribution in [2.75, 3.05) is 32.8 Å². The molecule has 0 saturated carbocycles. The average Bonchev–Trinajstić information content (AvgIpc) is 2.69. The zero-order valence-corrected chi connectivity index (χ0v) is 15.7. The maximum Gasteiger partial charge on any atom is 0.387 e. The van der Waals surface area contributed by atoms with Crippen molar-refractivity contribution in [3.63, 3.8) is 0 Å². The zero-order valence-electron chi connectivity index (χ0n) is 15.7. The van der Waals surface area contributed by atoms with E-state index in [1.807, 2.05) is 31.2 Å². The first-order valence-corrected chi connectivity index (χ1v) is 9.23. The third-order valence-electron chi connectivity index (χ3n) is 4.67. The Balaban J connectivity index is 1.72. The smallest absolute Gasteiger partial charge is 0.387 e. The molecule has 5 nitrogen and oxygen atoms in total. The summed E-state index contributed by atoms with van der Waals surface area (Å²) in [5.74, 6) is -0.239. The molecule has 0 aromatic heterocycles. The van der Waals surface area contributed by atoms with Gasteiger partial charge in [-0.05, 0) is 36.8 Å². The molecule has 1 fully saturated rings. The Morgan fingerprint density at radius 2 is 1.75 bits per heavy atom. The van der Waals surface area contributed by atoms with Gasteiger partial charge in [0.2, 0.25) is 0 Å². The van der Waals surface area contributed by atoms with E-state index in [0.717, 1.165) is 24.2 Å². The highest BCUT2D eigenvalue weighted by Gasteiger charge is 2.21. The Morgan fingerprint density at radius 3 is 2.36 bits per heavy atom. The molecule has 0 bridgehead atoms. The summed E-state index contributed by atoms with van der Waals surface area (Å²) in [6.45, 7) is 2.79. The van der Waals surface area contributed by atoms with E-state index >= 15 is 0 Å². The second-order valence-electron chi connectivity index (χ2n) is 6.75. The average molecular weight is 390 g/mol. The van der Waals surface area contributed by atoms with Crippen molar-refractivity contribution in [1.29, 1.82) is 0 Å². The van der Waals surface area contributed by atoms with Crippen molar-refractivity contribution in [1.82, 2.24) is 10.2 Å². The molecule has 0 radical (unpaired) electrons. The summed E-state index contributed by atoms with van der Waals surface area (Å²) in [5.41, 5.74) is 2.55. The van der Waals surface area contributed by atoms with Gasteiger partial charge in [0.15, 0.2) is 0 Å². The lowest BCUT2D eigenvalue weighted by Gasteiger charge is -2.31. The van der Waals surface area contributed by atoms with Crippen LogP contribution < -0.4 is 10.1 Å². The highest BCUT2D eigenvalue weighted by Crippen LogP contribution is 2.19. The van der Waals surface area contributed by atoms with Gasteiger partial charge in [0.25, 0.3) is 5.91 Å². The van der Waals surface area contributed by atoms with Gasteiger partial charge in [-0.3, -0.25) is 9.69 Å². The van der Waals surface area contributed by atoms with Crippen LogP contribution in [-0.4, -0.2) is 50.3 Å². The molecule has 1 heterocycles. The number of alkyl halides is 2. The molecule has 0 aliphatic carbocycles. The number of hydrogen-bond acceptors (Lipinski definition) is 4. The first kappa shape index (κ1) is 20.2. The van der Waals surface area contributed by atoms with E-state index in [4.69, 9.17) is 4.74 Å². The van der Waals surface area contributed by atoms with E-state index in [1.165, 1.54) is 24.3 Å². The largest absolute Gasteiger partial charge is 0.435 e. The number of ether oxygens (including phenoxy) is 2. The molecule has 3 rings (SSSR count). The van der Waals surface area contributed by atoms with Crippen LogP contribution in [0, 0.1) is 6.92 Å². The molecule has 0 spiro atoms. The number of hydrogen-bond donors (Lipinski definition) is 1. The monoisotopic (exact) mass is 390 g/mol. The van der Waals surface area contributed by atoms with Crippen LogP contribution in [0.2, 0.25) is 0 Å².